The fourth-order valence-corrected chi connectivity index (χ4v) is 2.90. The first-order chi connectivity index (χ1) is 13.9. The lowest BCUT2D eigenvalue weighted by molar-refractivity contribution is -0.385. The molecule has 0 aliphatic heterocycles. The van der Waals surface area contributed by atoms with Crippen molar-refractivity contribution in [2.75, 3.05) is 6.61 Å². The van der Waals surface area contributed by atoms with E-state index in [0.717, 1.165) is 17.9 Å². The summed E-state index contributed by atoms with van der Waals surface area (Å²) in [4.78, 5) is 38.9. The Labute approximate surface area is 165 Å². The SMILES string of the molecule is CCn1c(C)nc2cc(C(=O)NNC(=O)COc3ccccc3[N+](=O)[O-])ccc21. The molecule has 0 saturated carbocycles. The highest BCUT2D eigenvalue weighted by molar-refractivity contribution is 5.98. The zero-order valence-corrected chi connectivity index (χ0v) is 15.8. The monoisotopic (exact) mass is 397 g/mol. The first-order valence-corrected chi connectivity index (χ1v) is 8.83. The molecule has 0 radical (unpaired) electrons. The molecule has 0 bridgehead atoms. The topological polar surface area (TPSA) is 128 Å². The van der Waals surface area contributed by atoms with Crippen LogP contribution in [-0.2, 0) is 11.3 Å². The molecule has 2 aromatic carbocycles. The van der Waals surface area contributed by atoms with Gasteiger partial charge in [-0.3, -0.25) is 30.6 Å². The number of ether oxygens (including phenoxy) is 1. The minimum absolute atomic E-state index is 0.0358. The Hall–Kier alpha value is -3.95. The molecule has 3 aromatic rings. The third-order valence-electron chi connectivity index (χ3n) is 4.25. The molecule has 10 nitrogen and oxygen atoms in total. The van der Waals surface area contributed by atoms with E-state index < -0.39 is 23.3 Å². The van der Waals surface area contributed by atoms with Gasteiger partial charge >= 0.3 is 5.69 Å². The molecule has 2 N–H and O–H groups in total. The first kappa shape index (κ1) is 19.8. The highest BCUT2D eigenvalue weighted by Gasteiger charge is 2.16. The van der Waals surface area contributed by atoms with Gasteiger partial charge in [0.1, 0.15) is 5.82 Å². The summed E-state index contributed by atoms with van der Waals surface area (Å²) in [6, 6.07) is 10.8. The maximum Gasteiger partial charge on any atom is 0.310 e. The average Bonchev–Trinajstić information content (AvgIpc) is 3.04. The van der Waals surface area contributed by atoms with Gasteiger partial charge < -0.3 is 9.30 Å². The largest absolute Gasteiger partial charge is 0.477 e. The van der Waals surface area contributed by atoms with E-state index in [9.17, 15) is 19.7 Å². The maximum absolute atomic E-state index is 12.3. The summed E-state index contributed by atoms with van der Waals surface area (Å²) in [6.07, 6.45) is 0. The second kappa shape index (κ2) is 8.38. The molecule has 10 heteroatoms. The van der Waals surface area contributed by atoms with Gasteiger partial charge in [-0.25, -0.2) is 4.98 Å². The number of nitro benzene ring substituents is 1. The van der Waals surface area contributed by atoms with Gasteiger partial charge in [-0.2, -0.15) is 0 Å². The minimum atomic E-state index is -0.663. The second-order valence-electron chi connectivity index (χ2n) is 6.12. The van der Waals surface area contributed by atoms with Gasteiger partial charge in [0.2, 0.25) is 0 Å². The van der Waals surface area contributed by atoms with Crippen LogP contribution in [0.5, 0.6) is 5.75 Å². The van der Waals surface area contributed by atoms with E-state index in [1.165, 1.54) is 18.2 Å². The molecule has 1 aromatic heterocycles. The Morgan fingerprint density at radius 2 is 1.97 bits per heavy atom. The fourth-order valence-electron chi connectivity index (χ4n) is 2.90. The summed E-state index contributed by atoms with van der Waals surface area (Å²) in [5.74, 6) is -0.370. The Bertz CT molecular complexity index is 1090. The van der Waals surface area contributed by atoms with Crippen LogP contribution in [0.3, 0.4) is 0 Å². The van der Waals surface area contributed by atoms with E-state index >= 15 is 0 Å². The fraction of sp³-hybridized carbons (Fsp3) is 0.211. The molecule has 0 unspecified atom stereocenters. The average molecular weight is 397 g/mol. The van der Waals surface area contributed by atoms with Crippen LogP contribution in [0.2, 0.25) is 0 Å². The Morgan fingerprint density at radius 1 is 1.21 bits per heavy atom. The predicted octanol–water partition coefficient (Wildman–Crippen LogP) is 2.11. The number of fused-ring (bicyclic) bond motifs is 1. The van der Waals surface area contributed by atoms with Crippen molar-refractivity contribution in [1.29, 1.82) is 0 Å². The van der Waals surface area contributed by atoms with Crippen LogP contribution in [0.4, 0.5) is 5.69 Å². The molecule has 150 valence electrons. The van der Waals surface area contributed by atoms with Gasteiger partial charge in [0.15, 0.2) is 12.4 Å². The summed E-state index contributed by atoms with van der Waals surface area (Å²) in [5, 5.41) is 10.9. The summed E-state index contributed by atoms with van der Waals surface area (Å²) in [5.41, 5.74) is 6.19. The van der Waals surface area contributed by atoms with Gasteiger partial charge in [-0.15, -0.1) is 0 Å². The second-order valence-corrected chi connectivity index (χ2v) is 6.12. The molecular formula is C19H19N5O5. The van der Waals surface area contributed by atoms with Crippen LogP contribution < -0.4 is 15.6 Å². The lowest BCUT2D eigenvalue weighted by Crippen LogP contribution is -2.43. The lowest BCUT2D eigenvalue weighted by Gasteiger charge is -2.09. The van der Waals surface area contributed by atoms with E-state index in [-0.39, 0.29) is 11.4 Å². The number of hydrazine groups is 1. The molecule has 2 amide bonds. The van der Waals surface area contributed by atoms with E-state index in [2.05, 4.69) is 15.8 Å². The molecule has 0 aliphatic rings. The smallest absolute Gasteiger partial charge is 0.310 e. The molecule has 1 heterocycles. The van der Waals surface area contributed by atoms with Crippen molar-refractivity contribution in [2.24, 2.45) is 0 Å². The van der Waals surface area contributed by atoms with E-state index in [0.29, 0.717) is 11.1 Å². The molecule has 0 fully saturated rings. The number of nitrogens with zero attached hydrogens (tertiary/aromatic N) is 3. The van der Waals surface area contributed by atoms with Crippen molar-refractivity contribution in [3.8, 4) is 5.75 Å². The maximum atomic E-state index is 12.3. The number of rotatable bonds is 6. The van der Waals surface area contributed by atoms with Crippen molar-refractivity contribution in [3.05, 3.63) is 64.0 Å². The number of nitro groups is 1. The number of imidazole rings is 1. The predicted molar refractivity (Wildman–Crippen MR) is 104 cm³/mol. The van der Waals surface area contributed by atoms with Gasteiger partial charge in [-0.05, 0) is 38.1 Å². The third-order valence-corrected chi connectivity index (χ3v) is 4.25. The number of hydrogen-bond donors (Lipinski definition) is 2. The molecule has 0 atom stereocenters. The number of carbonyl (C=O) groups is 2. The number of benzene rings is 2. The van der Waals surface area contributed by atoms with Crippen LogP contribution in [0.15, 0.2) is 42.5 Å². The number of carbonyl (C=O) groups excluding carboxylic acids is 2. The quantitative estimate of drug-likeness (QED) is 0.484. The van der Waals surface area contributed by atoms with Gasteiger partial charge in [0.05, 0.1) is 16.0 Å². The molecule has 3 rings (SSSR count). The molecule has 29 heavy (non-hydrogen) atoms. The highest BCUT2D eigenvalue weighted by Crippen LogP contribution is 2.25. The van der Waals surface area contributed by atoms with Gasteiger partial charge in [0.25, 0.3) is 11.8 Å². The number of nitrogens with one attached hydrogen (secondary N) is 2. The van der Waals surface area contributed by atoms with Crippen LogP contribution in [-0.4, -0.2) is 32.9 Å². The van der Waals surface area contributed by atoms with Crippen LogP contribution in [0.25, 0.3) is 11.0 Å². The third kappa shape index (κ3) is 4.32. The normalized spacial score (nSPS) is 10.6. The van der Waals surface area contributed by atoms with Crippen molar-refractivity contribution in [1.82, 2.24) is 20.4 Å². The number of hydrogen-bond acceptors (Lipinski definition) is 6. The zero-order chi connectivity index (χ0) is 21.0. The van der Waals surface area contributed by atoms with Gasteiger partial charge in [-0.1, -0.05) is 12.1 Å². The van der Waals surface area contributed by atoms with Crippen molar-refractivity contribution >= 4 is 28.5 Å². The standard InChI is InChI=1S/C19H19N5O5/c1-3-23-12(2)20-14-10-13(8-9-15(14)23)19(26)22-21-18(25)11-29-17-7-5-4-6-16(17)24(27)28/h4-10H,3,11H2,1-2H3,(H,21,25)(H,22,26). The number of amides is 2. The number of aromatic nitrogens is 2. The molecule has 0 aliphatic carbocycles. The zero-order valence-electron chi connectivity index (χ0n) is 15.8. The first-order valence-electron chi connectivity index (χ1n) is 8.83. The number of para-hydroxylation sites is 2. The van der Waals surface area contributed by atoms with Gasteiger partial charge in [0, 0.05) is 18.2 Å². The van der Waals surface area contributed by atoms with Crippen LogP contribution in [0, 0.1) is 17.0 Å². The lowest BCUT2D eigenvalue weighted by atomic mass is 10.2. The van der Waals surface area contributed by atoms with E-state index in [4.69, 9.17) is 4.74 Å². The molecule has 0 saturated heterocycles. The van der Waals surface area contributed by atoms with Crippen LogP contribution >= 0.6 is 0 Å². The van der Waals surface area contributed by atoms with E-state index in [1.54, 1.807) is 24.3 Å². The Morgan fingerprint density at radius 3 is 2.69 bits per heavy atom. The van der Waals surface area contributed by atoms with Crippen LogP contribution in [0.1, 0.15) is 23.1 Å². The summed E-state index contributed by atoms with van der Waals surface area (Å²) in [7, 11) is 0. The summed E-state index contributed by atoms with van der Waals surface area (Å²) < 4.78 is 7.19. The van der Waals surface area contributed by atoms with Crippen molar-refractivity contribution < 1.29 is 19.2 Å². The summed E-state index contributed by atoms with van der Waals surface area (Å²) >= 11 is 0. The van der Waals surface area contributed by atoms with E-state index in [1.807, 2.05) is 18.4 Å². The van der Waals surface area contributed by atoms with Crippen molar-refractivity contribution in [2.45, 2.75) is 20.4 Å². The Kier molecular flexibility index (Phi) is 5.72. The highest BCUT2D eigenvalue weighted by atomic mass is 16.6. The Balaban J connectivity index is 1.58. The summed E-state index contributed by atoms with van der Waals surface area (Å²) in [6.45, 7) is 4.17. The molecule has 0 spiro atoms. The molecular weight excluding hydrogens is 378 g/mol. The van der Waals surface area contributed by atoms with Crippen molar-refractivity contribution in [3.63, 3.8) is 0 Å². The number of aryl methyl sites for hydroxylation is 2. The minimum Gasteiger partial charge on any atom is -0.477 e.